The minimum Gasteiger partial charge on any atom is -0.394 e. The molecule has 0 heterocycles. The Morgan fingerprint density at radius 3 is 2.50 bits per heavy atom. The average molecular weight is 231 g/mol. The highest BCUT2D eigenvalue weighted by Crippen LogP contribution is 2.37. The van der Waals surface area contributed by atoms with E-state index in [0.29, 0.717) is 0 Å². The van der Waals surface area contributed by atoms with E-state index in [1.807, 2.05) is 0 Å². The molecule has 0 bridgehead atoms. The quantitative estimate of drug-likeness (QED) is 0.236. The van der Waals surface area contributed by atoms with Crippen molar-refractivity contribution in [3.63, 3.8) is 0 Å². The van der Waals surface area contributed by atoms with Gasteiger partial charge in [0.1, 0.15) is 12.2 Å². The van der Waals surface area contributed by atoms with Crippen LogP contribution in [0.15, 0.2) is 0 Å². The van der Waals surface area contributed by atoms with Gasteiger partial charge in [-0.05, 0) is 0 Å². The fourth-order valence-corrected chi connectivity index (χ4v) is 1.13. The Morgan fingerprint density at radius 1 is 1.57 bits per heavy atom. The summed E-state index contributed by atoms with van der Waals surface area (Å²) < 4.78 is 20.8. The zero-order valence-corrected chi connectivity index (χ0v) is 7.78. The molecule has 14 heavy (non-hydrogen) atoms. The van der Waals surface area contributed by atoms with E-state index in [9.17, 15) is 9.36 Å². The first-order chi connectivity index (χ1) is 6.87. The van der Waals surface area contributed by atoms with E-state index in [2.05, 4.69) is 9.42 Å². The first-order valence-corrected chi connectivity index (χ1v) is 4.96. The lowest BCUT2D eigenvalue weighted by Crippen LogP contribution is -2.41. The number of phosphoric ester groups is 1. The van der Waals surface area contributed by atoms with E-state index in [1.54, 1.807) is 0 Å². The van der Waals surface area contributed by atoms with E-state index in [-0.39, 0.29) is 6.29 Å². The summed E-state index contributed by atoms with van der Waals surface area (Å²) in [4.78, 5) is 22.2. The van der Waals surface area contributed by atoms with Crippen LogP contribution in [0, 0.1) is 0 Å². The second-order valence-corrected chi connectivity index (χ2v) is 3.56. The summed E-state index contributed by atoms with van der Waals surface area (Å²) >= 11 is 0. The van der Waals surface area contributed by atoms with Crippen molar-refractivity contribution in [2.75, 3.05) is 6.61 Å². The molecule has 0 spiro atoms. The number of hydrogen-bond donors (Lipinski definition) is 5. The zero-order chi connectivity index (χ0) is 12.1. The van der Waals surface area contributed by atoms with Crippen molar-refractivity contribution in [1.29, 1.82) is 1.43 Å². The van der Waals surface area contributed by atoms with Crippen LogP contribution in [-0.2, 0) is 13.9 Å². The zero-order valence-electron chi connectivity index (χ0n) is 7.89. The molecule has 0 aliphatic heterocycles. The van der Waals surface area contributed by atoms with Crippen LogP contribution >= 0.6 is 7.82 Å². The standard InChI is InChI=1S/C5H11O8P/c6-1-3(8)5(9)4(2-7)13-14(10,11)12/h2-6,8-9H,1H2,(H2,10,11,12)/t3-,4+,5-/m1/s1/i/hD. The SMILES string of the molecule is [2H]OP(=O)(O)O[C@@H](C=O)[C@H](O)[C@H](O)CO. The highest BCUT2D eigenvalue weighted by Gasteiger charge is 2.32. The minimum atomic E-state index is -4.77. The van der Waals surface area contributed by atoms with Crippen LogP contribution < -0.4 is 0 Å². The van der Waals surface area contributed by atoms with E-state index in [4.69, 9.17) is 21.6 Å². The van der Waals surface area contributed by atoms with Crippen LogP contribution in [0.3, 0.4) is 0 Å². The molecule has 0 aromatic carbocycles. The number of aliphatic hydroxyl groups excluding tert-OH is 3. The normalized spacial score (nSPS) is 23.0. The monoisotopic (exact) mass is 231 g/mol. The van der Waals surface area contributed by atoms with Gasteiger partial charge in [-0.2, -0.15) is 0 Å². The summed E-state index contributed by atoms with van der Waals surface area (Å²) in [5.74, 6) is 0. The number of aliphatic hydroxyl groups is 3. The van der Waals surface area contributed by atoms with Crippen molar-refractivity contribution in [2.45, 2.75) is 18.3 Å². The van der Waals surface area contributed by atoms with Gasteiger partial charge in [0, 0.05) is 0 Å². The van der Waals surface area contributed by atoms with Crippen LogP contribution in [0.4, 0.5) is 0 Å². The molecule has 8 nitrogen and oxygen atoms in total. The summed E-state index contributed by atoms with van der Waals surface area (Å²) in [6.07, 6.45) is -5.56. The smallest absolute Gasteiger partial charge is 0.394 e. The molecule has 0 amide bonds. The molecule has 1 unspecified atom stereocenters. The van der Waals surface area contributed by atoms with Gasteiger partial charge >= 0.3 is 7.82 Å². The van der Waals surface area contributed by atoms with Gasteiger partial charge in [0.15, 0.2) is 12.4 Å². The van der Waals surface area contributed by atoms with Gasteiger partial charge in [-0.3, -0.25) is 4.52 Å². The molecule has 0 radical (unpaired) electrons. The van der Waals surface area contributed by atoms with Crippen LogP contribution in [0.5, 0.6) is 0 Å². The van der Waals surface area contributed by atoms with Crippen molar-refractivity contribution >= 4 is 14.1 Å². The molecule has 0 aliphatic carbocycles. The summed E-state index contributed by atoms with van der Waals surface area (Å²) in [6, 6.07) is 0. The lowest BCUT2D eigenvalue weighted by Gasteiger charge is -2.21. The lowest BCUT2D eigenvalue weighted by atomic mass is 10.1. The van der Waals surface area contributed by atoms with Crippen LogP contribution in [-0.4, -0.2) is 57.7 Å². The summed E-state index contributed by atoms with van der Waals surface area (Å²) in [5.41, 5.74) is 0. The maximum Gasteiger partial charge on any atom is 0.470 e. The molecule has 0 saturated heterocycles. The van der Waals surface area contributed by atoms with Gasteiger partial charge in [-0.25, -0.2) is 4.57 Å². The molecule has 0 fully saturated rings. The topological polar surface area (TPSA) is 145 Å². The van der Waals surface area contributed by atoms with Crippen molar-refractivity contribution in [2.24, 2.45) is 0 Å². The van der Waals surface area contributed by atoms with Gasteiger partial charge in [-0.15, -0.1) is 0 Å². The van der Waals surface area contributed by atoms with Crippen molar-refractivity contribution in [3.05, 3.63) is 0 Å². The Labute approximate surface area is 80.5 Å². The molecular weight excluding hydrogens is 219 g/mol. The number of phosphoric acid groups is 1. The second kappa shape index (κ2) is 5.52. The summed E-state index contributed by atoms with van der Waals surface area (Å²) in [6.45, 7) is -0.869. The summed E-state index contributed by atoms with van der Waals surface area (Å²) in [7, 11) is -4.77. The molecule has 5 N–H and O–H groups in total. The van der Waals surface area contributed by atoms with Crippen molar-refractivity contribution in [3.8, 4) is 0 Å². The maximum absolute atomic E-state index is 10.7. The van der Waals surface area contributed by atoms with Gasteiger partial charge < -0.3 is 29.9 Å². The van der Waals surface area contributed by atoms with Crippen LogP contribution in [0.25, 0.3) is 0 Å². The third-order valence-electron chi connectivity index (χ3n) is 1.31. The number of rotatable bonds is 7. The first-order valence-electron chi connectivity index (χ1n) is 3.87. The van der Waals surface area contributed by atoms with Gasteiger partial charge in [0.25, 0.3) is 0 Å². The van der Waals surface area contributed by atoms with E-state index in [1.165, 1.54) is 0 Å². The van der Waals surface area contributed by atoms with Crippen LogP contribution in [0.2, 0.25) is 0 Å². The maximum atomic E-state index is 10.7. The van der Waals surface area contributed by atoms with Gasteiger partial charge in [0.05, 0.1) is 6.61 Å². The fourth-order valence-electron chi connectivity index (χ4n) is 0.648. The van der Waals surface area contributed by atoms with Gasteiger partial charge in [0.2, 0.25) is 1.43 Å². The average Bonchev–Trinajstić information content (AvgIpc) is 2.23. The van der Waals surface area contributed by atoms with E-state index >= 15 is 0 Å². The minimum absolute atomic E-state index is 0.0641. The first kappa shape index (κ1) is 11.7. The largest absolute Gasteiger partial charge is 0.470 e. The van der Waals surface area contributed by atoms with Gasteiger partial charge in [-0.1, -0.05) is 0 Å². The third kappa shape index (κ3) is 4.77. The second-order valence-electron chi connectivity index (χ2n) is 2.42. The molecule has 4 atom stereocenters. The highest BCUT2D eigenvalue weighted by atomic mass is 31.2. The van der Waals surface area contributed by atoms with Crippen LogP contribution in [0.1, 0.15) is 0 Å². The highest BCUT2D eigenvalue weighted by molar-refractivity contribution is 7.46. The molecule has 0 aliphatic rings. The molecule has 0 rings (SSSR count). The Morgan fingerprint density at radius 2 is 2.14 bits per heavy atom. The molecular formula is C5H11O8P. The Balaban J connectivity index is 4.50. The molecule has 0 saturated carbocycles. The Hall–Kier alpha value is -0.340. The fraction of sp³-hybridized carbons (Fsp3) is 0.800. The predicted molar refractivity (Wildman–Crippen MR) is 42.1 cm³/mol. The van der Waals surface area contributed by atoms with E-state index in [0.717, 1.165) is 0 Å². The predicted octanol–water partition coefficient (Wildman–Crippen LogP) is -2.62. The third-order valence-corrected chi connectivity index (χ3v) is 1.82. The number of hydrogen-bond acceptors (Lipinski definition) is 7. The summed E-state index contributed by atoms with van der Waals surface area (Å²) in [5, 5.41) is 26.4. The Kier molecular flexibility index (Phi) is 4.63. The molecule has 0 aromatic heterocycles. The van der Waals surface area contributed by atoms with Crippen molar-refractivity contribution < 1.29 is 39.0 Å². The number of aldehydes is 1. The Bertz CT molecular complexity index is 247. The number of carbonyl (C=O) groups excluding carboxylic acids is 1. The number of carbonyl (C=O) groups is 1. The molecule has 0 aromatic rings. The molecule has 9 heteroatoms. The van der Waals surface area contributed by atoms with E-state index < -0.39 is 32.7 Å². The van der Waals surface area contributed by atoms with Crippen molar-refractivity contribution in [1.82, 2.24) is 0 Å². The lowest BCUT2D eigenvalue weighted by molar-refractivity contribution is -0.126. The molecule has 84 valence electrons.